The van der Waals surface area contributed by atoms with E-state index in [-0.39, 0.29) is 24.3 Å². The summed E-state index contributed by atoms with van der Waals surface area (Å²) >= 11 is 0. The molecule has 0 unspecified atom stereocenters. The summed E-state index contributed by atoms with van der Waals surface area (Å²) in [6, 6.07) is 8.34. The maximum atomic E-state index is 12.2. The normalized spacial score (nSPS) is 12.6. The zero-order valence-corrected chi connectivity index (χ0v) is 12.8. The van der Waals surface area contributed by atoms with E-state index in [0.29, 0.717) is 0 Å². The van der Waals surface area contributed by atoms with Gasteiger partial charge in [0.1, 0.15) is 6.10 Å². The minimum absolute atomic E-state index is 0.137. The number of rotatable bonds is 4. The van der Waals surface area contributed by atoms with Crippen molar-refractivity contribution in [3.63, 3.8) is 0 Å². The van der Waals surface area contributed by atoms with E-state index in [4.69, 9.17) is 4.74 Å². The van der Waals surface area contributed by atoms with Gasteiger partial charge in [0.25, 0.3) is 0 Å². The second kappa shape index (κ2) is 6.60. The molecule has 0 aliphatic rings. The highest BCUT2D eigenvalue weighted by molar-refractivity contribution is 5.68. The van der Waals surface area contributed by atoms with Crippen LogP contribution < -0.4 is 0 Å². The highest BCUT2D eigenvalue weighted by Crippen LogP contribution is 2.19. The van der Waals surface area contributed by atoms with Gasteiger partial charge in [0, 0.05) is 12.1 Å². The second-order valence-corrected chi connectivity index (χ2v) is 5.53. The Bertz CT molecular complexity index is 401. The number of hydrogen-bond donors (Lipinski definition) is 0. The maximum absolute atomic E-state index is 12.2. The molecule has 3 heteroatoms. The van der Waals surface area contributed by atoms with Crippen molar-refractivity contribution in [2.45, 2.75) is 59.7 Å². The Labute approximate surface area is 116 Å². The first kappa shape index (κ1) is 15.5. The number of benzene rings is 1. The summed E-state index contributed by atoms with van der Waals surface area (Å²) in [5, 5.41) is 0. The molecule has 0 aliphatic carbocycles. The highest BCUT2D eigenvalue weighted by atomic mass is 16.6. The number of aryl methyl sites for hydroxylation is 1. The summed E-state index contributed by atoms with van der Waals surface area (Å²) in [6.45, 7) is 11.9. The second-order valence-electron chi connectivity index (χ2n) is 5.53. The average Bonchev–Trinajstić information content (AvgIpc) is 2.28. The van der Waals surface area contributed by atoms with Gasteiger partial charge in [-0.2, -0.15) is 0 Å². The lowest BCUT2D eigenvalue weighted by atomic mass is 10.1. The van der Waals surface area contributed by atoms with Crippen LogP contribution in [-0.2, 0) is 4.74 Å². The van der Waals surface area contributed by atoms with E-state index in [1.807, 2.05) is 65.8 Å². The molecule has 0 bridgehead atoms. The van der Waals surface area contributed by atoms with Gasteiger partial charge in [-0.05, 0) is 47.1 Å². The van der Waals surface area contributed by atoms with E-state index in [1.165, 1.54) is 5.56 Å². The molecule has 0 aromatic heterocycles. The van der Waals surface area contributed by atoms with Gasteiger partial charge in [-0.3, -0.25) is 0 Å². The van der Waals surface area contributed by atoms with Crippen LogP contribution in [-0.4, -0.2) is 23.1 Å². The van der Waals surface area contributed by atoms with Crippen LogP contribution in [0.2, 0.25) is 0 Å². The molecular formula is C16H25NO2. The first-order chi connectivity index (χ1) is 8.82. The fraction of sp³-hybridized carbons (Fsp3) is 0.562. The Morgan fingerprint density at radius 1 is 1.00 bits per heavy atom. The van der Waals surface area contributed by atoms with Crippen molar-refractivity contribution in [3.05, 3.63) is 35.4 Å². The molecule has 1 amide bonds. The molecule has 0 heterocycles. The highest BCUT2D eigenvalue weighted by Gasteiger charge is 2.23. The molecule has 106 valence electrons. The molecule has 1 aromatic carbocycles. The van der Waals surface area contributed by atoms with Gasteiger partial charge in [0.05, 0.1) is 0 Å². The van der Waals surface area contributed by atoms with Gasteiger partial charge in [0.15, 0.2) is 0 Å². The first-order valence-electron chi connectivity index (χ1n) is 6.88. The van der Waals surface area contributed by atoms with Crippen LogP contribution in [0.4, 0.5) is 4.79 Å². The number of hydrogen-bond acceptors (Lipinski definition) is 2. The fourth-order valence-electron chi connectivity index (χ4n) is 2.14. The predicted octanol–water partition coefficient (Wildman–Crippen LogP) is 4.31. The molecule has 3 nitrogen and oxygen atoms in total. The van der Waals surface area contributed by atoms with Crippen molar-refractivity contribution < 1.29 is 9.53 Å². The van der Waals surface area contributed by atoms with E-state index in [0.717, 1.165) is 5.56 Å². The largest absolute Gasteiger partial charge is 0.442 e. The van der Waals surface area contributed by atoms with Crippen molar-refractivity contribution in [2.24, 2.45) is 0 Å². The van der Waals surface area contributed by atoms with Crippen LogP contribution >= 0.6 is 0 Å². The third-order valence-corrected chi connectivity index (χ3v) is 3.15. The average molecular weight is 263 g/mol. The third-order valence-electron chi connectivity index (χ3n) is 3.15. The van der Waals surface area contributed by atoms with E-state index < -0.39 is 0 Å². The Morgan fingerprint density at radius 3 is 1.89 bits per heavy atom. The summed E-state index contributed by atoms with van der Waals surface area (Å²) < 4.78 is 5.55. The van der Waals surface area contributed by atoms with Crippen LogP contribution in [0.5, 0.6) is 0 Å². The van der Waals surface area contributed by atoms with E-state index in [9.17, 15) is 4.79 Å². The van der Waals surface area contributed by atoms with Gasteiger partial charge < -0.3 is 9.64 Å². The number of nitrogens with zero attached hydrogens (tertiary/aromatic N) is 1. The van der Waals surface area contributed by atoms with Crippen molar-refractivity contribution in [1.29, 1.82) is 0 Å². The predicted molar refractivity (Wildman–Crippen MR) is 78.2 cm³/mol. The van der Waals surface area contributed by atoms with E-state index in [2.05, 4.69) is 0 Å². The van der Waals surface area contributed by atoms with Crippen LogP contribution in [0, 0.1) is 6.92 Å². The Morgan fingerprint density at radius 2 is 1.47 bits per heavy atom. The lowest BCUT2D eigenvalue weighted by Crippen LogP contribution is -2.42. The molecule has 0 saturated heterocycles. The fourth-order valence-corrected chi connectivity index (χ4v) is 2.14. The molecule has 1 rings (SSSR count). The van der Waals surface area contributed by atoms with Crippen molar-refractivity contribution in [1.82, 2.24) is 4.90 Å². The zero-order valence-electron chi connectivity index (χ0n) is 12.8. The van der Waals surface area contributed by atoms with E-state index in [1.54, 1.807) is 4.90 Å². The van der Waals surface area contributed by atoms with Gasteiger partial charge in [0.2, 0.25) is 0 Å². The lowest BCUT2D eigenvalue weighted by molar-refractivity contribution is 0.0511. The quantitative estimate of drug-likeness (QED) is 0.810. The molecule has 1 aromatic rings. The van der Waals surface area contributed by atoms with Crippen molar-refractivity contribution in [3.8, 4) is 0 Å². The molecule has 0 spiro atoms. The van der Waals surface area contributed by atoms with Gasteiger partial charge >= 0.3 is 6.09 Å². The summed E-state index contributed by atoms with van der Waals surface area (Å²) in [5.74, 6) is 0. The van der Waals surface area contributed by atoms with E-state index >= 15 is 0 Å². The van der Waals surface area contributed by atoms with Crippen LogP contribution in [0.3, 0.4) is 0 Å². The zero-order chi connectivity index (χ0) is 14.6. The van der Waals surface area contributed by atoms with Gasteiger partial charge in [-0.25, -0.2) is 4.79 Å². The standard InChI is InChI=1S/C16H25NO2/c1-11(2)17(12(3)4)16(18)19-14(6)15-9-7-13(5)8-10-15/h7-12,14H,1-6H3/t14-/m0/s1. The first-order valence-corrected chi connectivity index (χ1v) is 6.88. The Balaban J connectivity index is 2.72. The minimum Gasteiger partial charge on any atom is -0.442 e. The topological polar surface area (TPSA) is 29.5 Å². The van der Waals surface area contributed by atoms with Crippen LogP contribution in [0.1, 0.15) is 51.8 Å². The SMILES string of the molecule is Cc1ccc([C@H](C)OC(=O)N(C(C)C)C(C)C)cc1. The Kier molecular flexibility index (Phi) is 5.40. The summed E-state index contributed by atoms with van der Waals surface area (Å²) in [6.07, 6.45) is -0.480. The molecular weight excluding hydrogens is 238 g/mol. The molecule has 0 saturated carbocycles. The summed E-state index contributed by atoms with van der Waals surface area (Å²) in [5.41, 5.74) is 2.22. The number of carbonyl (C=O) groups is 1. The molecule has 0 N–H and O–H groups in total. The summed E-state index contributed by atoms with van der Waals surface area (Å²) in [7, 11) is 0. The molecule has 0 aliphatic heterocycles. The van der Waals surface area contributed by atoms with Crippen LogP contribution in [0.25, 0.3) is 0 Å². The van der Waals surface area contributed by atoms with Crippen molar-refractivity contribution >= 4 is 6.09 Å². The van der Waals surface area contributed by atoms with Crippen LogP contribution in [0.15, 0.2) is 24.3 Å². The van der Waals surface area contributed by atoms with Gasteiger partial charge in [-0.1, -0.05) is 29.8 Å². The maximum Gasteiger partial charge on any atom is 0.410 e. The Hall–Kier alpha value is -1.51. The molecule has 0 fully saturated rings. The van der Waals surface area contributed by atoms with Crippen molar-refractivity contribution in [2.75, 3.05) is 0 Å². The number of carbonyl (C=O) groups excluding carboxylic acids is 1. The number of ether oxygens (including phenoxy) is 1. The molecule has 19 heavy (non-hydrogen) atoms. The minimum atomic E-state index is -0.252. The smallest absolute Gasteiger partial charge is 0.410 e. The number of amides is 1. The van der Waals surface area contributed by atoms with Gasteiger partial charge in [-0.15, -0.1) is 0 Å². The molecule has 1 atom stereocenters. The molecule has 0 radical (unpaired) electrons. The lowest BCUT2D eigenvalue weighted by Gasteiger charge is -2.31. The summed E-state index contributed by atoms with van der Waals surface area (Å²) in [4.78, 5) is 13.9. The monoisotopic (exact) mass is 263 g/mol. The third kappa shape index (κ3) is 4.27.